The smallest absolute Gasteiger partial charge is 0.243 e. The number of aromatic nitrogens is 2. The lowest BCUT2D eigenvalue weighted by Crippen LogP contribution is -2.30. The Kier molecular flexibility index (Phi) is 7.40. The number of ether oxygens (including phenoxy) is 1. The fourth-order valence-corrected chi connectivity index (χ4v) is 5.88. The van der Waals surface area contributed by atoms with Gasteiger partial charge >= 0.3 is 0 Å². The molecule has 0 spiro atoms. The van der Waals surface area contributed by atoms with Gasteiger partial charge in [-0.15, -0.1) is 0 Å². The van der Waals surface area contributed by atoms with E-state index in [0.29, 0.717) is 41.7 Å². The van der Waals surface area contributed by atoms with Crippen molar-refractivity contribution in [3.63, 3.8) is 0 Å². The van der Waals surface area contributed by atoms with Gasteiger partial charge in [-0.1, -0.05) is 37.7 Å². The zero-order chi connectivity index (χ0) is 22.6. The molecule has 1 aromatic heterocycles. The van der Waals surface area contributed by atoms with Gasteiger partial charge in [0.1, 0.15) is 11.5 Å². The van der Waals surface area contributed by atoms with Gasteiger partial charge in [0.15, 0.2) is 5.16 Å². The van der Waals surface area contributed by atoms with Crippen LogP contribution in [0, 0.1) is 0 Å². The molecule has 3 rings (SSSR count). The number of methoxy groups -OCH3 is 1. The number of nitrogens with zero attached hydrogens (tertiary/aromatic N) is 3. The highest BCUT2D eigenvalue weighted by Crippen LogP contribution is 2.34. The quantitative estimate of drug-likeness (QED) is 0.422. The maximum Gasteiger partial charge on any atom is 0.243 e. The molecule has 7 nitrogen and oxygen atoms in total. The third-order valence-electron chi connectivity index (χ3n) is 4.95. The molecule has 0 radical (unpaired) electrons. The van der Waals surface area contributed by atoms with E-state index in [1.807, 2.05) is 42.7 Å². The van der Waals surface area contributed by atoms with Gasteiger partial charge < -0.3 is 4.74 Å². The Morgan fingerprint density at radius 2 is 1.87 bits per heavy atom. The first-order chi connectivity index (χ1) is 14.8. The Morgan fingerprint density at radius 3 is 2.52 bits per heavy atom. The molecule has 166 valence electrons. The second-order valence-electron chi connectivity index (χ2n) is 6.94. The summed E-state index contributed by atoms with van der Waals surface area (Å²) in [4.78, 5) is 16.3. The number of rotatable bonds is 10. The second kappa shape index (κ2) is 9.84. The SMILES string of the molecule is CCN(CC)S(=O)(=O)c1ccc2c(c1)nc(SCCC(C)=O)n2-c1ccccc1OC. The van der Waals surface area contributed by atoms with Crippen LogP contribution in [0.2, 0.25) is 0 Å². The lowest BCUT2D eigenvalue weighted by molar-refractivity contribution is -0.116. The molecule has 31 heavy (non-hydrogen) atoms. The lowest BCUT2D eigenvalue weighted by atomic mass is 10.2. The van der Waals surface area contributed by atoms with Crippen molar-refractivity contribution >= 4 is 38.6 Å². The van der Waals surface area contributed by atoms with Crippen LogP contribution in [0.3, 0.4) is 0 Å². The number of thioether (sulfide) groups is 1. The van der Waals surface area contributed by atoms with E-state index in [1.165, 1.54) is 16.1 Å². The minimum Gasteiger partial charge on any atom is -0.495 e. The Bertz CT molecular complexity index is 1180. The van der Waals surface area contributed by atoms with Crippen molar-refractivity contribution in [2.45, 2.75) is 37.2 Å². The summed E-state index contributed by atoms with van der Waals surface area (Å²) in [6.07, 6.45) is 0.432. The molecule has 1 heterocycles. The fourth-order valence-electron chi connectivity index (χ4n) is 3.34. The minimum absolute atomic E-state index is 0.111. The van der Waals surface area contributed by atoms with E-state index < -0.39 is 10.0 Å². The molecule has 0 aliphatic rings. The van der Waals surface area contributed by atoms with Crippen molar-refractivity contribution in [1.82, 2.24) is 13.9 Å². The molecule has 9 heteroatoms. The molecule has 3 aromatic rings. The summed E-state index contributed by atoms with van der Waals surface area (Å²) in [5.74, 6) is 1.37. The number of hydrogen-bond donors (Lipinski definition) is 0. The molecule has 0 unspecified atom stereocenters. The van der Waals surface area contributed by atoms with Crippen LogP contribution >= 0.6 is 11.8 Å². The maximum absolute atomic E-state index is 13.0. The highest BCUT2D eigenvalue weighted by molar-refractivity contribution is 7.99. The average molecular weight is 462 g/mol. The van der Waals surface area contributed by atoms with Crippen LogP contribution in [-0.4, -0.2) is 54.0 Å². The first kappa shape index (κ1) is 23.3. The predicted molar refractivity (Wildman–Crippen MR) is 124 cm³/mol. The molecule has 0 aliphatic carbocycles. The summed E-state index contributed by atoms with van der Waals surface area (Å²) < 4.78 is 34.9. The van der Waals surface area contributed by atoms with Crippen LogP contribution in [0.5, 0.6) is 5.75 Å². The van der Waals surface area contributed by atoms with Crippen LogP contribution in [0.25, 0.3) is 16.7 Å². The van der Waals surface area contributed by atoms with E-state index in [1.54, 1.807) is 32.2 Å². The maximum atomic E-state index is 13.0. The van der Waals surface area contributed by atoms with E-state index in [4.69, 9.17) is 9.72 Å². The molecule has 2 aromatic carbocycles. The number of ketones is 1. The number of para-hydroxylation sites is 2. The van der Waals surface area contributed by atoms with Crippen molar-refractivity contribution in [2.75, 3.05) is 26.0 Å². The normalized spacial score (nSPS) is 11.9. The highest BCUT2D eigenvalue weighted by Gasteiger charge is 2.24. The molecule has 0 atom stereocenters. The molecule has 0 saturated carbocycles. The largest absolute Gasteiger partial charge is 0.495 e. The first-order valence-corrected chi connectivity index (χ1v) is 12.5. The highest BCUT2D eigenvalue weighted by atomic mass is 32.2. The molecule has 0 fully saturated rings. The van der Waals surface area contributed by atoms with Gasteiger partial charge in [0, 0.05) is 25.3 Å². The van der Waals surface area contributed by atoms with Gasteiger partial charge in [-0.3, -0.25) is 9.36 Å². The molecular weight excluding hydrogens is 434 g/mol. The second-order valence-corrected chi connectivity index (χ2v) is 9.94. The molecular formula is C22H27N3O4S2. The van der Waals surface area contributed by atoms with E-state index in [2.05, 4.69) is 0 Å². The van der Waals surface area contributed by atoms with Crippen LogP contribution in [-0.2, 0) is 14.8 Å². The fraction of sp³-hybridized carbons (Fsp3) is 0.364. The van der Waals surface area contributed by atoms with E-state index in [-0.39, 0.29) is 10.7 Å². The average Bonchev–Trinajstić information content (AvgIpc) is 3.11. The van der Waals surface area contributed by atoms with Crippen molar-refractivity contribution in [3.05, 3.63) is 42.5 Å². The van der Waals surface area contributed by atoms with Gasteiger partial charge in [0.25, 0.3) is 0 Å². The molecule has 0 N–H and O–H groups in total. The summed E-state index contributed by atoms with van der Waals surface area (Å²) in [6.45, 7) is 6.00. The lowest BCUT2D eigenvalue weighted by Gasteiger charge is -2.18. The molecule has 0 aliphatic heterocycles. The monoisotopic (exact) mass is 461 g/mol. The number of hydrogen-bond acceptors (Lipinski definition) is 6. The van der Waals surface area contributed by atoms with Gasteiger partial charge in [0.05, 0.1) is 28.7 Å². The summed E-state index contributed by atoms with van der Waals surface area (Å²) >= 11 is 1.46. The van der Waals surface area contributed by atoms with Crippen molar-refractivity contribution in [2.24, 2.45) is 0 Å². The van der Waals surface area contributed by atoms with E-state index in [9.17, 15) is 13.2 Å². The molecule has 0 bridgehead atoms. The Balaban J connectivity index is 2.17. The summed E-state index contributed by atoms with van der Waals surface area (Å²) in [5.41, 5.74) is 2.15. The van der Waals surface area contributed by atoms with Crippen molar-refractivity contribution in [3.8, 4) is 11.4 Å². The minimum atomic E-state index is -3.59. The van der Waals surface area contributed by atoms with Crippen LogP contribution in [0.15, 0.2) is 52.5 Å². The Labute approximate surface area is 187 Å². The summed E-state index contributed by atoms with van der Waals surface area (Å²) in [7, 11) is -1.99. The standard InChI is InChI=1S/C22H27N3O4S2/c1-5-24(6-2)31(27,28)17-11-12-19-18(15-17)23-22(30-14-13-16(3)26)25(19)20-9-7-8-10-21(20)29-4/h7-12,15H,5-6,13-14H2,1-4H3. The zero-order valence-electron chi connectivity index (χ0n) is 18.2. The number of sulfonamides is 1. The van der Waals surface area contributed by atoms with Crippen LogP contribution in [0.1, 0.15) is 27.2 Å². The predicted octanol–water partition coefficient (Wildman–Crippen LogP) is 4.14. The van der Waals surface area contributed by atoms with Gasteiger partial charge in [-0.25, -0.2) is 13.4 Å². The van der Waals surface area contributed by atoms with Gasteiger partial charge in [-0.05, 0) is 37.3 Å². The molecule has 0 saturated heterocycles. The van der Waals surface area contributed by atoms with Crippen molar-refractivity contribution < 1.29 is 17.9 Å². The van der Waals surface area contributed by atoms with Crippen LogP contribution in [0.4, 0.5) is 0 Å². The third kappa shape index (κ3) is 4.78. The topological polar surface area (TPSA) is 81.5 Å². The number of imidazole rings is 1. The van der Waals surface area contributed by atoms with Crippen LogP contribution < -0.4 is 4.74 Å². The Morgan fingerprint density at radius 1 is 1.16 bits per heavy atom. The zero-order valence-corrected chi connectivity index (χ0v) is 19.8. The van der Waals surface area contributed by atoms with Gasteiger partial charge in [-0.2, -0.15) is 4.31 Å². The number of fused-ring (bicyclic) bond motifs is 1. The van der Waals surface area contributed by atoms with Gasteiger partial charge in [0.2, 0.25) is 10.0 Å². The third-order valence-corrected chi connectivity index (χ3v) is 7.94. The summed E-state index contributed by atoms with van der Waals surface area (Å²) in [6, 6.07) is 12.6. The first-order valence-electron chi connectivity index (χ1n) is 10.1. The number of Topliss-reactive ketones (excluding diaryl/α,β-unsaturated/α-hetero) is 1. The summed E-state index contributed by atoms with van der Waals surface area (Å²) in [5, 5.41) is 0.679. The number of benzene rings is 2. The molecule has 0 amide bonds. The number of carbonyl (C=O) groups is 1. The van der Waals surface area contributed by atoms with E-state index >= 15 is 0 Å². The van der Waals surface area contributed by atoms with E-state index in [0.717, 1.165) is 11.2 Å². The number of carbonyl (C=O) groups excluding carboxylic acids is 1. The Hall–Kier alpha value is -2.36. The van der Waals surface area contributed by atoms with Crippen molar-refractivity contribution in [1.29, 1.82) is 0 Å².